The van der Waals surface area contributed by atoms with Gasteiger partial charge in [-0.3, -0.25) is 4.79 Å². The second kappa shape index (κ2) is 6.27. The van der Waals surface area contributed by atoms with E-state index in [1.807, 2.05) is 0 Å². The predicted octanol–water partition coefficient (Wildman–Crippen LogP) is 1.000. The first kappa shape index (κ1) is 15.9. The first-order valence-electron chi connectivity index (χ1n) is 7.61. The third-order valence-electron chi connectivity index (χ3n) is 4.24. The van der Waals surface area contributed by atoms with Crippen LogP contribution in [0.1, 0.15) is 35.4 Å². The Morgan fingerprint density at radius 2 is 2.09 bits per heavy atom. The maximum absolute atomic E-state index is 12.6. The number of hydrogen-bond donors (Lipinski definition) is 2. The molecule has 1 aliphatic heterocycles. The molecule has 1 aromatic rings. The van der Waals surface area contributed by atoms with Crippen LogP contribution < -0.4 is 11.1 Å². The summed E-state index contributed by atoms with van der Waals surface area (Å²) in [6.45, 7) is 1.46. The van der Waals surface area contributed by atoms with Crippen molar-refractivity contribution in [2.75, 3.05) is 19.6 Å². The van der Waals surface area contributed by atoms with E-state index in [1.54, 1.807) is 5.38 Å². The standard InChI is InChI=1S/C14H21N3O3S2/c15-11(10-3-4-10)9-16-14(18)13-12(5-8-21-13)22(19,20)17-6-1-2-7-17/h5,8,10-11H,1-4,6-7,9,15H2,(H,16,18). The van der Waals surface area contributed by atoms with Crippen molar-refractivity contribution in [3.05, 3.63) is 16.3 Å². The summed E-state index contributed by atoms with van der Waals surface area (Å²) in [4.78, 5) is 12.7. The topological polar surface area (TPSA) is 92.5 Å². The van der Waals surface area contributed by atoms with E-state index in [9.17, 15) is 13.2 Å². The Bertz CT molecular complexity index is 646. The van der Waals surface area contributed by atoms with Crippen LogP contribution in [0.2, 0.25) is 0 Å². The maximum Gasteiger partial charge on any atom is 0.262 e. The molecule has 2 aliphatic rings. The summed E-state index contributed by atoms with van der Waals surface area (Å²) in [6.07, 6.45) is 3.98. The van der Waals surface area contributed by atoms with Crippen molar-refractivity contribution in [1.82, 2.24) is 9.62 Å². The highest BCUT2D eigenvalue weighted by Gasteiger charge is 2.32. The molecule has 2 fully saturated rings. The number of carbonyl (C=O) groups excluding carboxylic acids is 1. The van der Waals surface area contributed by atoms with Gasteiger partial charge in [0.25, 0.3) is 5.91 Å². The van der Waals surface area contributed by atoms with Gasteiger partial charge in [0.05, 0.1) is 0 Å². The van der Waals surface area contributed by atoms with Crippen LogP contribution in [0.25, 0.3) is 0 Å². The molecule has 1 amide bonds. The first-order valence-corrected chi connectivity index (χ1v) is 9.93. The predicted molar refractivity (Wildman–Crippen MR) is 85.3 cm³/mol. The highest BCUT2D eigenvalue weighted by Crippen LogP contribution is 2.31. The van der Waals surface area contributed by atoms with Gasteiger partial charge in [-0.2, -0.15) is 4.31 Å². The molecule has 8 heteroatoms. The lowest BCUT2D eigenvalue weighted by Gasteiger charge is -2.16. The summed E-state index contributed by atoms with van der Waals surface area (Å²) in [6, 6.07) is 1.48. The normalized spacial score (nSPS) is 21.0. The van der Waals surface area contributed by atoms with Crippen LogP contribution in [0.3, 0.4) is 0 Å². The molecule has 0 spiro atoms. The summed E-state index contributed by atoms with van der Waals surface area (Å²) < 4.78 is 26.7. The minimum Gasteiger partial charge on any atom is -0.350 e. The third kappa shape index (κ3) is 3.19. The molecule has 22 heavy (non-hydrogen) atoms. The second-order valence-electron chi connectivity index (χ2n) is 5.94. The Labute approximate surface area is 134 Å². The van der Waals surface area contributed by atoms with Gasteiger partial charge in [0, 0.05) is 25.7 Å². The van der Waals surface area contributed by atoms with Crippen molar-refractivity contribution in [2.45, 2.75) is 36.6 Å². The number of thiophene rings is 1. The van der Waals surface area contributed by atoms with E-state index in [-0.39, 0.29) is 21.7 Å². The lowest BCUT2D eigenvalue weighted by Crippen LogP contribution is -2.39. The van der Waals surface area contributed by atoms with E-state index < -0.39 is 10.0 Å². The van der Waals surface area contributed by atoms with E-state index in [1.165, 1.54) is 10.4 Å². The number of carbonyl (C=O) groups is 1. The van der Waals surface area contributed by atoms with Crippen LogP contribution in [-0.2, 0) is 10.0 Å². The SMILES string of the molecule is NC(CNC(=O)c1sccc1S(=O)(=O)N1CCCC1)C1CC1. The molecule has 0 radical (unpaired) electrons. The molecule has 3 N–H and O–H groups in total. The monoisotopic (exact) mass is 343 g/mol. The molecule has 3 rings (SSSR count). The number of rotatable bonds is 6. The number of amides is 1. The van der Waals surface area contributed by atoms with Crippen LogP contribution in [0.5, 0.6) is 0 Å². The largest absolute Gasteiger partial charge is 0.350 e. The number of nitrogens with two attached hydrogens (primary N) is 1. The van der Waals surface area contributed by atoms with Crippen LogP contribution in [0.4, 0.5) is 0 Å². The number of hydrogen-bond acceptors (Lipinski definition) is 5. The molecule has 2 heterocycles. The Hall–Kier alpha value is -0.960. The molecular weight excluding hydrogens is 322 g/mol. The first-order chi connectivity index (χ1) is 10.5. The molecule has 1 unspecified atom stereocenters. The van der Waals surface area contributed by atoms with E-state index in [0.29, 0.717) is 25.6 Å². The lowest BCUT2D eigenvalue weighted by molar-refractivity contribution is 0.0951. The van der Waals surface area contributed by atoms with Crippen molar-refractivity contribution in [1.29, 1.82) is 0 Å². The summed E-state index contributed by atoms with van der Waals surface area (Å²) in [5, 5.41) is 4.42. The zero-order valence-electron chi connectivity index (χ0n) is 12.3. The molecule has 1 saturated heterocycles. The van der Waals surface area contributed by atoms with E-state index in [2.05, 4.69) is 5.32 Å². The Morgan fingerprint density at radius 1 is 1.41 bits per heavy atom. The fraction of sp³-hybridized carbons (Fsp3) is 0.643. The van der Waals surface area contributed by atoms with Crippen molar-refractivity contribution in [3.63, 3.8) is 0 Å². The number of sulfonamides is 1. The van der Waals surface area contributed by atoms with Crippen molar-refractivity contribution in [3.8, 4) is 0 Å². The zero-order valence-corrected chi connectivity index (χ0v) is 14.0. The minimum atomic E-state index is -3.56. The fourth-order valence-corrected chi connectivity index (χ4v) is 5.55. The fourth-order valence-electron chi connectivity index (χ4n) is 2.72. The van der Waals surface area contributed by atoms with Gasteiger partial charge < -0.3 is 11.1 Å². The Balaban J connectivity index is 1.72. The molecule has 1 aromatic heterocycles. The van der Waals surface area contributed by atoms with Crippen molar-refractivity contribution in [2.24, 2.45) is 11.7 Å². The van der Waals surface area contributed by atoms with Gasteiger partial charge in [-0.05, 0) is 43.0 Å². The average molecular weight is 343 g/mol. The summed E-state index contributed by atoms with van der Waals surface area (Å²) in [5.41, 5.74) is 5.97. The molecule has 1 atom stereocenters. The highest BCUT2D eigenvalue weighted by molar-refractivity contribution is 7.89. The maximum atomic E-state index is 12.6. The number of nitrogens with zero attached hydrogens (tertiary/aromatic N) is 1. The van der Waals surface area contributed by atoms with E-state index in [0.717, 1.165) is 37.0 Å². The summed E-state index contributed by atoms with van der Waals surface area (Å²) in [5.74, 6) is 0.153. The van der Waals surface area contributed by atoms with Gasteiger partial charge in [-0.1, -0.05) is 0 Å². The quantitative estimate of drug-likeness (QED) is 0.806. The van der Waals surface area contributed by atoms with Crippen LogP contribution in [0, 0.1) is 5.92 Å². The van der Waals surface area contributed by atoms with Gasteiger partial charge in [0.15, 0.2) is 0 Å². The van der Waals surface area contributed by atoms with Crippen molar-refractivity contribution < 1.29 is 13.2 Å². The Kier molecular flexibility index (Phi) is 4.54. The third-order valence-corrected chi connectivity index (χ3v) is 7.23. The van der Waals surface area contributed by atoms with Crippen molar-refractivity contribution >= 4 is 27.3 Å². The molecule has 0 aromatic carbocycles. The van der Waals surface area contributed by atoms with Gasteiger partial charge in [-0.15, -0.1) is 11.3 Å². The van der Waals surface area contributed by atoms with E-state index >= 15 is 0 Å². The molecule has 1 aliphatic carbocycles. The minimum absolute atomic E-state index is 0.0393. The summed E-state index contributed by atoms with van der Waals surface area (Å²) >= 11 is 1.16. The zero-order chi connectivity index (χ0) is 15.7. The van der Waals surface area contributed by atoms with Crippen LogP contribution in [0.15, 0.2) is 16.3 Å². The smallest absolute Gasteiger partial charge is 0.262 e. The molecule has 6 nitrogen and oxygen atoms in total. The highest BCUT2D eigenvalue weighted by atomic mass is 32.2. The van der Waals surface area contributed by atoms with Gasteiger partial charge >= 0.3 is 0 Å². The van der Waals surface area contributed by atoms with E-state index in [4.69, 9.17) is 5.73 Å². The van der Waals surface area contributed by atoms with Crippen LogP contribution >= 0.6 is 11.3 Å². The molecule has 122 valence electrons. The average Bonchev–Trinajstić information content (AvgIpc) is 3.01. The van der Waals surface area contributed by atoms with Gasteiger partial charge in [0.2, 0.25) is 10.0 Å². The second-order valence-corrected chi connectivity index (χ2v) is 8.76. The van der Waals surface area contributed by atoms with Gasteiger partial charge in [0.1, 0.15) is 9.77 Å². The molecular formula is C14H21N3O3S2. The van der Waals surface area contributed by atoms with Crippen LogP contribution in [-0.4, -0.2) is 44.3 Å². The summed E-state index contributed by atoms with van der Waals surface area (Å²) in [7, 11) is -3.56. The molecule has 0 bridgehead atoms. The lowest BCUT2D eigenvalue weighted by atomic mass is 10.2. The number of nitrogens with one attached hydrogen (secondary N) is 1. The Morgan fingerprint density at radius 3 is 2.73 bits per heavy atom. The molecule has 1 saturated carbocycles. The van der Waals surface area contributed by atoms with Gasteiger partial charge in [-0.25, -0.2) is 8.42 Å².